The van der Waals surface area contributed by atoms with E-state index in [1.165, 1.54) is 31.2 Å². The molecule has 0 saturated carbocycles. The number of halogens is 1. The Labute approximate surface area is 162 Å². The Morgan fingerprint density at radius 2 is 1.89 bits per heavy atom. The summed E-state index contributed by atoms with van der Waals surface area (Å²) in [4.78, 5) is 46.8. The van der Waals surface area contributed by atoms with E-state index in [0.717, 1.165) is 12.1 Å². The number of Topliss-reactive ketones (excluding diaryl/α,β-unsaturated/α-hetero) is 1. The summed E-state index contributed by atoms with van der Waals surface area (Å²) in [7, 11) is 0. The predicted octanol–water partition coefficient (Wildman–Crippen LogP) is 4.08. The summed E-state index contributed by atoms with van der Waals surface area (Å²) in [6.45, 7) is 2.89. The van der Waals surface area contributed by atoms with Gasteiger partial charge in [-0.3, -0.25) is 14.9 Å². The van der Waals surface area contributed by atoms with Crippen LogP contribution < -0.4 is 10.4 Å². The molecule has 0 fully saturated rings. The number of esters is 1. The fourth-order valence-electron chi connectivity index (χ4n) is 2.77. The van der Waals surface area contributed by atoms with E-state index >= 15 is 0 Å². The number of ether oxygens (including phenoxy) is 1. The summed E-state index contributed by atoms with van der Waals surface area (Å²) in [5, 5.41) is 11.8. The lowest BCUT2D eigenvalue weighted by Gasteiger charge is -2.11. The molecule has 3 aromatic rings. The first kappa shape index (κ1) is 19.2. The maximum atomic E-state index is 12.5. The number of fused-ring (bicyclic) bond motifs is 1. The molecule has 0 aliphatic rings. The van der Waals surface area contributed by atoms with Crippen LogP contribution in [0.2, 0.25) is 5.02 Å². The van der Waals surface area contributed by atoms with Crippen molar-refractivity contribution in [1.29, 1.82) is 0 Å². The van der Waals surface area contributed by atoms with Crippen molar-refractivity contribution in [1.82, 2.24) is 0 Å². The highest BCUT2D eigenvalue weighted by molar-refractivity contribution is 6.31. The zero-order valence-electron chi connectivity index (χ0n) is 14.6. The van der Waals surface area contributed by atoms with Gasteiger partial charge in [0.1, 0.15) is 16.9 Å². The molecule has 0 amide bonds. The van der Waals surface area contributed by atoms with Gasteiger partial charge in [-0.15, -0.1) is 0 Å². The maximum absolute atomic E-state index is 12.5. The summed E-state index contributed by atoms with van der Waals surface area (Å²) < 4.78 is 10.4. The number of carbonyl (C=O) groups is 2. The number of nitro groups is 1. The fraction of sp³-hybridized carbons (Fsp3) is 0.105. The summed E-state index contributed by atoms with van der Waals surface area (Å²) in [5.74, 6) is -1.74. The molecule has 8 nitrogen and oxygen atoms in total. The van der Waals surface area contributed by atoms with Crippen LogP contribution in [0.1, 0.15) is 33.2 Å². The zero-order chi connectivity index (χ0) is 20.6. The molecule has 0 saturated heterocycles. The molecule has 0 spiro atoms. The molecule has 0 bridgehead atoms. The van der Waals surface area contributed by atoms with Gasteiger partial charge >= 0.3 is 11.6 Å². The maximum Gasteiger partial charge on any atom is 0.350 e. The van der Waals surface area contributed by atoms with E-state index in [4.69, 9.17) is 20.8 Å². The Morgan fingerprint density at radius 1 is 1.18 bits per heavy atom. The van der Waals surface area contributed by atoms with Crippen molar-refractivity contribution < 1.29 is 23.7 Å². The van der Waals surface area contributed by atoms with Crippen LogP contribution in [0.15, 0.2) is 45.6 Å². The number of hydrogen-bond acceptors (Lipinski definition) is 7. The minimum absolute atomic E-state index is 0.0200. The van der Waals surface area contributed by atoms with Crippen LogP contribution in [0.25, 0.3) is 11.0 Å². The molecule has 0 aliphatic carbocycles. The number of benzene rings is 2. The Morgan fingerprint density at radius 3 is 2.54 bits per heavy atom. The highest BCUT2D eigenvalue weighted by Crippen LogP contribution is 2.31. The lowest BCUT2D eigenvalue weighted by atomic mass is 10.0. The number of rotatable bonds is 4. The minimum Gasteiger partial charge on any atom is -0.422 e. The van der Waals surface area contributed by atoms with Crippen LogP contribution in [-0.2, 0) is 0 Å². The first-order valence-corrected chi connectivity index (χ1v) is 8.31. The topological polar surface area (TPSA) is 117 Å². The van der Waals surface area contributed by atoms with E-state index < -0.39 is 28.0 Å². The average molecular weight is 402 g/mol. The van der Waals surface area contributed by atoms with Crippen molar-refractivity contribution in [2.24, 2.45) is 0 Å². The SMILES string of the molecule is CC(=O)c1c(OC(=O)c2ccc(Cl)cc2[N+](=O)[O-])ccc2c(C)cc(=O)oc12. The normalized spacial score (nSPS) is 10.7. The van der Waals surface area contributed by atoms with Crippen LogP contribution in [0.3, 0.4) is 0 Å². The second-order valence-electron chi connectivity index (χ2n) is 5.93. The number of ketones is 1. The summed E-state index contributed by atoms with van der Waals surface area (Å²) in [6, 6.07) is 7.65. The molecule has 0 atom stereocenters. The number of aryl methyl sites for hydroxylation is 1. The molecule has 0 unspecified atom stereocenters. The van der Waals surface area contributed by atoms with Crippen LogP contribution in [-0.4, -0.2) is 16.7 Å². The number of carbonyl (C=O) groups excluding carboxylic acids is 2. The van der Waals surface area contributed by atoms with Crippen molar-refractivity contribution in [2.75, 3.05) is 0 Å². The van der Waals surface area contributed by atoms with Crippen molar-refractivity contribution in [3.63, 3.8) is 0 Å². The van der Waals surface area contributed by atoms with Crippen molar-refractivity contribution in [3.05, 3.63) is 78.6 Å². The summed E-state index contributed by atoms with van der Waals surface area (Å²) in [6.07, 6.45) is 0. The minimum atomic E-state index is -1.06. The number of nitrogens with zero attached hydrogens (tertiary/aromatic N) is 1. The first-order chi connectivity index (χ1) is 13.2. The molecule has 1 aromatic heterocycles. The molecule has 142 valence electrons. The molecule has 2 aromatic carbocycles. The number of hydrogen-bond donors (Lipinski definition) is 0. The van der Waals surface area contributed by atoms with Crippen LogP contribution in [0, 0.1) is 17.0 Å². The van der Waals surface area contributed by atoms with Gasteiger partial charge in [0, 0.05) is 22.5 Å². The fourth-order valence-corrected chi connectivity index (χ4v) is 2.93. The van der Waals surface area contributed by atoms with Gasteiger partial charge in [0.05, 0.1) is 4.92 Å². The monoisotopic (exact) mass is 401 g/mol. The lowest BCUT2D eigenvalue weighted by Crippen LogP contribution is -2.13. The molecular formula is C19H12ClNO7. The third-order valence-electron chi connectivity index (χ3n) is 4.01. The Kier molecular flexibility index (Phi) is 4.98. The van der Waals surface area contributed by atoms with Crippen molar-refractivity contribution in [3.8, 4) is 5.75 Å². The van der Waals surface area contributed by atoms with Gasteiger partial charge < -0.3 is 9.15 Å². The quantitative estimate of drug-likeness (QED) is 0.161. The highest BCUT2D eigenvalue weighted by Gasteiger charge is 2.25. The van der Waals surface area contributed by atoms with Crippen LogP contribution in [0.5, 0.6) is 5.75 Å². The molecule has 9 heteroatoms. The predicted molar refractivity (Wildman–Crippen MR) is 100 cm³/mol. The summed E-state index contributed by atoms with van der Waals surface area (Å²) >= 11 is 5.74. The summed E-state index contributed by atoms with van der Waals surface area (Å²) in [5.41, 5.74) is -1.08. The van der Waals surface area contributed by atoms with Gasteiger partial charge in [0.2, 0.25) is 0 Å². The molecule has 28 heavy (non-hydrogen) atoms. The van der Waals surface area contributed by atoms with E-state index in [9.17, 15) is 24.5 Å². The van der Waals surface area contributed by atoms with Gasteiger partial charge in [-0.2, -0.15) is 0 Å². The molecule has 0 N–H and O–H groups in total. The molecule has 3 rings (SSSR count). The Balaban J connectivity index is 2.14. The lowest BCUT2D eigenvalue weighted by molar-refractivity contribution is -0.385. The standard InChI is InChI=1S/C19H12ClNO7/c1-9-7-16(23)28-18-12(9)5-6-15(17(18)10(2)22)27-19(24)13-4-3-11(20)8-14(13)21(25)26/h3-8H,1-2H3. The molecule has 0 radical (unpaired) electrons. The molecule has 0 aliphatic heterocycles. The van der Waals surface area contributed by atoms with Gasteiger partial charge in [-0.1, -0.05) is 11.6 Å². The second-order valence-corrected chi connectivity index (χ2v) is 6.36. The smallest absolute Gasteiger partial charge is 0.350 e. The van der Waals surface area contributed by atoms with E-state index in [0.29, 0.717) is 10.9 Å². The van der Waals surface area contributed by atoms with Crippen molar-refractivity contribution in [2.45, 2.75) is 13.8 Å². The third-order valence-corrected chi connectivity index (χ3v) is 4.25. The van der Waals surface area contributed by atoms with Gasteiger partial charge in [-0.25, -0.2) is 9.59 Å². The average Bonchev–Trinajstić information content (AvgIpc) is 2.60. The zero-order valence-corrected chi connectivity index (χ0v) is 15.4. The Bertz CT molecular complexity index is 1210. The van der Waals surface area contributed by atoms with E-state index in [1.54, 1.807) is 6.92 Å². The van der Waals surface area contributed by atoms with Gasteiger partial charge in [-0.05, 0) is 43.7 Å². The van der Waals surface area contributed by atoms with Gasteiger partial charge in [0.25, 0.3) is 5.69 Å². The Hall–Kier alpha value is -3.52. The van der Waals surface area contributed by atoms with E-state index in [1.807, 2.05) is 0 Å². The third kappa shape index (κ3) is 3.49. The highest BCUT2D eigenvalue weighted by atomic mass is 35.5. The van der Waals surface area contributed by atoms with Gasteiger partial charge in [0.15, 0.2) is 11.4 Å². The molecule has 1 heterocycles. The largest absolute Gasteiger partial charge is 0.422 e. The second kappa shape index (κ2) is 7.24. The van der Waals surface area contributed by atoms with E-state index in [-0.39, 0.29) is 27.5 Å². The molecular weight excluding hydrogens is 390 g/mol. The first-order valence-electron chi connectivity index (χ1n) is 7.93. The van der Waals surface area contributed by atoms with Crippen LogP contribution >= 0.6 is 11.6 Å². The number of nitro benzene ring substituents is 1. The van der Waals surface area contributed by atoms with E-state index in [2.05, 4.69) is 0 Å². The van der Waals surface area contributed by atoms with Crippen molar-refractivity contribution >= 4 is 40.0 Å². The van der Waals surface area contributed by atoms with Crippen LogP contribution in [0.4, 0.5) is 5.69 Å².